The SMILES string of the molecule is C[C@@H](CCCC[C@@H]1O[C@@H](CCO[Si](C)(C)C(C)(C)C)C[C@@H]1C)C(=O)O. The molecule has 4 nitrogen and oxygen atoms in total. The van der Waals surface area contributed by atoms with Crippen LogP contribution < -0.4 is 0 Å². The van der Waals surface area contributed by atoms with E-state index in [0.29, 0.717) is 18.1 Å². The van der Waals surface area contributed by atoms with Gasteiger partial charge >= 0.3 is 5.97 Å². The van der Waals surface area contributed by atoms with Crippen molar-refractivity contribution in [2.45, 2.75) is 103 Å². The fourth-order valence-electron chi connectivity index (χ4n) is 3.12. The molecule has 0 bridgehead atoms. The third-order valence-corrected chi connectivity index (χ3v) is 10.7. The monoisotopic (exact) mass is 372 g/mol. The molecule has 148 valence electrons. The minimum atomic E-state index is -1.66. The van der Waals surface area contributed by atoms with Crippen LogP contribution in [0.5, 0.6) is 0 Å². The van der Waals surface area contributed by atoms with Gasteiger partial charge in [-0.25, -0.2) is 0 Å². The van der Waals surface area contributed by atoms with Crippen LogP contribution in [-0.2, 0) is 14.0 Å². The summed E-state index contributed by atoms with van der Waals surface area (Å²) in [6.07, 6.45) is 6.60. The van der Waals surface area contributed by atoms with E-state index in [0.717, 1.165) is 45.1 Å². The molecule has 5 heteroatoms. The van der Waals surface area contributed by atoms with Gasteiger partial charge in [-0.15, -0.1) is 0 Å². The molecule has 0 aromatic heterocycles. The van der Waals surface area contributed by atoms with Crippen LogP contribution >= 0.6 is 0 Å². The summed E-state index contributed by atoms with van der Waals surface area (Å²) in [5, 5.41) is 9.18. The molecule has 0 aromatic carbocycles. The number of unbranched alkanes of at least 4 members (excludes halogenated alkanes) is 1. The highest BCUT2D eigenvalue weighted by Crippen LogP contribution is 2.37. The van der Waals surface area contributed by atoms with E-state index in [9.17, 15) is 4.79 Å². The number of aliphatic carboxylic acids is 1. The summed E-state index contributed by atoms with van der Waals surface area (Å²) in [6.45, 7) is 16.3. The van der Waals surface area contributed by atoms with Crippen LogP contribution in [0.25, 0.3) is 0 Å². The lowest BCUT2D eigenvalue weighted by Gasteiger charge is -2.36. The molecular formula is C20H40O4Si. The summed E-state index contributed by atoms with van der Waals surface area (Å²) in [7, 11) is -1.66. The van der Waals surface area contributed by atoms with Gasteiger partial charge in [-0.2, -0.15) is 0 Å². The van der Waals surface area contributed by atoms with Crippen molar-refractivity contribution in [3.63, 3.8) is 0 Å². The van der Waals surface area contributed by atoms with Gasteiger partial charge in [0.2, 0.25) is 0 Å². The Bertz CT molecular complexity index is 416. The smallest absolute Gasteiger partial charge is 0.306 e. The zero-order chi connectivity index (χ0) is 19.3. The molecule has 1 aliphatic rings. The van der Waals surface area contributed by atoms with Crippen LogP contribution in [0.15, 0.2) is 0 Å². The molecule has 1 N–H and O–H groups in total. The number of carbonyl (C=O) groups is 1. The Labute approximate surface area is 155 Å². The van der Waals surface area contributed by atoms with Crippen LogP contribution in [0.1, 0.15) is 73.1 Å². The molecule has 1 saturated heterocycles. The lowest BCUT2D eigenvalue weighted by molar-refractivity contribution is -0.141. The van der Waals surface area contributed by atoms with Crippen molar-refractivity contribution in [3.05, 3.63) is 0 Å². The van der Waals surface area contributed by atoms with E-state index in [-0.39, 0.29) is 11.0 Å². The summed E-state index contributed by atoms with van der Waals surface area (Å²) in [6, 6.07) is 0. The van der Waals surface area contributed by atoms with Crippen LogP contribution in [0, 0.1) is 11.8 Å². The minimum absolute atomic E-state index is 0.234. The molecule has 0 aromatic rings. The second-order valence-corrected chi connectivity index (χ2v) is 14.2. The Hall–Kier alpha value is -0.393. The maximum absolute atomic E-state index is 10.8. The predicted octanol–water partition coefficient (Wildman–Crippen LogP) is 5.47. The summed E-state index contributed by atoms with van der Waals surface area (Å²) in [5.41, 5.74) is 0. The molecule has 0 radical (unpaired) electrons. The van der Waals surface area contributed by atoms with Gasteiger partial charge in [0.1, 0.15) is 0 Å². The number of ether oxygens (including phenoxy) is 1. The summed E-state index contributed by atoms with van der Waals surface area (Å²) in [5.74, 6) is -0.329. The quantitative estimate of drug-likeness (QED) is 0.408. The normalized spacial score (nSPS) is 26.0. The van der Waals surface area contributed by atoms with E-state index in [1.165, 1.54) is 0 Å². The van der Waals surface area contributed by atoms with Gasteiger partial charge < -0.3 is 14.3 Å². The average molecular weight is 373 g/mol. The van der Waals surface area contributed by atoms with Crippen LogP contribution in [0.3, 0.4) is 0 Å². The molecule has 0 spiro atoms. The van der Waals surface area contributed by atoms with Crippen molar-refractivity contribution in [2.75, 3.05) is 6.61 Å². The summed E-state index contributed by atoms with van der Waals surface area (Å²) in [4.78, 5) is 10.8. The lowest BCUT2D eigenvalue weighted by Crippen LogP contribution is -2.41. The van der Waals surface area contributed by atoms with E-state index < -0.39 is 14.3 Å². The third-order valence-electron chi connectivity index (χ3n) is 6.14. The molecule has 0 aliphatic carbocycles. The van der Waals surface area contributed by atoms with Gasteiger partial charge in [0.25, 0.3) is 0 Å². The van der Waals surface area contributed by atoms with Crippen LogP contribution in [0.4, 0.5) is 0 Å². The Morgan fingerprint density at radius 1 is 1.28 bits per heavy atom. The van der Waals surface area contributed by atoms with Crippen LogP contribution in [-0.4, -0.2) is 38.2 Å². The molecule has 1 rings (SSSR count). The fourth-order valence-corrected chi connectivity index (χ4v) is 4.18. The van der Waals surface area contributed by atoms with E-state index in [4.69, 9.17) is 14.3 Å². The van der Waals surface area contributed by atoms with Gasteiger partial charge in [0.15, 0.2) is 8.32 Å². The largest absolute Gasteiger partial charge is 0.481 e. The molecule has 0 amide bonds. The molecule has 25 heavy (non-hydrogen) atoms. The Kier molecular flexibility index (Phi) is 8.62. The first-order valence-electron chi connectivity index (χ1n) is 9.96. The van der Waals surface area contributed by atoms with Gasteiger partial charge in [-0.3, -0.25) is 4.79 Å². The molecule has 0 unspecified atom stereocenters. The first kappa shape index (κ1) is 22.6. The molecule has 1 fully saturated rings. The van der Waals surface area contributed by atoms with Gasteiger partial charge in [-0.05, 0) is 49.7 Å². The van der Waals surface area contributed by atoms with E-state index in [1.54, 1.807) is 6.92 Å². The number of hydrogen-bond donors (Lipinski definition) is 1. The number of carboxylic acid groups (broad SMARTS) is 1. The van der Waals surface area contributed by atoms with Crippen molar-refractivity contribution < 1.29 is 19.1 Å². The molecule has 1 aliphatic heterocycles. The minimum Gasteiger partial charge on any atom is -0.481 e. The molecular weight excluding hydrogens is 332 g/mol. The third kappa shape index (κ3) is 7.39. The molecule has 1 heterocycles. The lowest BCUT2D eigenvalue weighted by atomic mass is 9.95. The first-order valence-corrected chi connectivity index (χ1v) is 12.9. The second kappa shape index (κ2) is 9.52. The maximum atomic E-state index is 10.8. The number of carboxylic acids is 1. The zero-order valence-electron chi connectivity index (χ0n) is 17.4. The first-order chi connectivity index (χ1) is 11.4. The van der Waals surface area contributed by atoms with Gasteiger partial charge in [0.05, 0.1) is 18.1 Å². The molecule has 0 saturated carbocycles. The Balaban J connectivity index is 2.25. The van der Waals surface area contributed by atoms with Crippen molar-refractivity contribution in [3.8, 4) is 0 Å². The van der Waals surface area contributed by atoms with E-state index >= 15 is 0 Å². The predicted molar refractivity (Wildman–Crippen MR) is 105 cm³/mol. The van der Waals surface area contributed by atoms with E-state index in [1.807, 2.05) is 0 Å². The zero-order valence-corrected chi connectivity index (χ0v) is 18.4. The number of rotatable bonds is 10. The average Bonchev–Trinajstić information content (AvgIpc) is 2.82. The molecule has 4 atom stereocenters. The highest BCUT2D eigenvalue weighted by Gasteiger charge is 2.38. The number of hydrogen-bond acceptors (Lipinski definition) is 3. The maximum Gasteiger partial charge on any atom is 0.306 e. The Morgan fingerprint density at radius 2 is 1.92 bits per heavy atom. The standard InChI is InChI=1S/C20H40O4Si/c1-15(19(21)22)10-8-9-11-18-16(2)14-17(24-18)12-13-23-25(6,7)20(3,4)5/h15-18H,8-14H2,1-7H3,(H,21,22)/t15-,16-,17-,18-/m0/s1. The topological polar surface area (TPSA) is 55.8 Å². The fraction of sp³-hybridized carbons (Fsp3) is 0.950. The highest BCUT2D eigenvalue weighted by atomic mass is 28.4. The van der Waals surface area contributed by atoms with E-state index in [2.05, 4.69) is 40.8 Å². The Morgan fingerprint density at radius 3 is 2.48 bits per heavy atom. The van der Waals surface area contributed by atoms with Crippen LogP contribution in [0.2, 0.25) is 18.1 Å². The van der Waals surface area contributed by atoms with Crippen molar-refractivity contribution >= 4 is 14.3 Å². The van der Waals surface area contributed by atoms with Crippen molar-refractivity contribution in [1.82, 2.24) is 0 Å². The van der Waals surface area contributed by atoms with Crippen molar-refractivity contribution in [2.24, 2.45) is 11.8 Å². The highest BCUT2D eigenvalue weighted by molar-refractivity contribution is 6.74. The summed E-state index contributed by atoms with van der Waals surface area (Å²) < 4.78 is 12.5. The summed E-state index contributed by atoms with van der Waals surface area (Å²) >= 11 is 0. The van der Waals surface area contributed by atoms with Gasteiger partial charge in [0, 0.05) is 6.61 Å². The second-order valence-electron chi connectivity index (χ2n) is 9.43. The van der Waals surface area contributed by atoms with Gasteiger partial charge in [-0.1, -0.05) is 47.5 Å². The van der Waals surface area contributed by atoms with Crippen molar-refractivity contribution in [1.29, 1.82) is 0 Å².